The number of piperidine rings is 1. The number of nitriles is 1. The lowest BCUT2D eigenvalue weighted by Crippen LogP contribution is -2.45. The van der Waals surface area contributed by atoms with Crippen molar-refractivity contribution in [2.75, 3.05) is 18.6 Å². The number of ether oxygens (including phenoxy) is 1. The van der Waals surface area contributed by atoms with Crippen molar-refractivity contribution in [1.82, 2.24) is 4.98 Å². The van der Waals surface area contributed by atoms with Crippen LogP contribution < -0.4 is 4.90 Å². The Kier molecular flexibility index (Phi) is 3.78. The minimum absolute atomic E-state index is 0.221. The van der Waals surface area contributed by atoms with Crippen LogP contribution in [0.4, 0.5) is 5.82 Å². The number of carbonyl (C=O) groups is 1. The van der Waals surface area contributed by atoms with Crippen LogP contribution in [0, 0.1) is 11.3 Å². The molecule has 5 nitrogen and oxygen atoms in total. The summed E-state index contributed by atoms with van der Waals surface area (Å²) in [4.78, 5) is 17.9. The van der Waals surface area contributed by atoms with Gasteiger partial charge in [0.05, 0.1) is 12.7 Å². The topological polar surface area (TPSA) is 66.2 Å². The van der Waals surface area contributed by atoms with Gasteiger partial charge in [-0.25, -0.2) is 9.78 Å². The molecule has 1 atom stereocenters. The third kappa shape index (κ3) is 2.43. The minimum atomic E-state index is -0.260. The Labute approximate surface area is 106 Å². The molecule has 94 valence electrons. The zero-order chi connectivity index (χ0) is 13.0. The number of anilines is 1. The van der Waals surface area contributed by atoms with Crippen LogP contribution in [-0.4, -0.2) is 30.6 Å². The first-order valence-corrected chi connectivity index (χ1v) is 5.97. The molecule has 1 unspecified atom stereocenters. The molecule has 1 aromatic rings. The van der Waals surface area contributed by atoms with Crippen LogP contribution in [0.2, 0.25) is 0 Å². The summed E-state index contributed by atoms with van der Waals surface area (Å²) in [5.74, 6) is 0.505. The lowest BCUT2D eigenvalue weighted by molar-refractivity contribution is -0.142. The van der Waals surface area contributed by atoms with E-state index < -0.39 is 0 Å². The monoisotopic (exact) mass is 245 g/mol. The van der Waals surface area contributed by atoms with E-state index in [2.05, 4.69) is 4.98 Å². The van der Waals surface area contributed by atoms with E-state index in [0.29, 0.717) is 5.56 Å². The van der Waals surface area contributed by atoms with Crippen LogP contribution in [-0.2, 0) is 9.53 Å². The van der Waals surface area contributed by atoms with Crippen LogP contribution in [0.3, 0.4) is 0 Å². The van der Waals surface area contributed by atoms with Crippen molar-refractivity contribution in [3.63, 3.8) is 0 Å². The van der Waals surface area contributed by atoms with Gasteiger partial charge >= 0.3 is 5.97 Å². The number of aromatic nitrogens is 1. The van der Waals surface area contributed by atoms with E-state index in [1.807, 2.05) is 11.0 Å². The molecule has 5 heteroatoms. The van der Waals surface area contributed by atoms with Crippen molar-refractivity contribution < 1.29 is 9.53 Å². The summed E-state index contributed by atoms with van der Waals surface area (Å²) >= 11 is 0. The van der Waals surface area contributed by atoms with Crippen LogP contribution in [0.1, 0.15) is 24.8 Å². The molecule has 0 radical (unpaired) electrons. The van der Waals surface area contributed by atoms with Crippen LogP contribution in [0.15, 0.2) is 18.3 Å². The molecule has 0 amide bonds. The Balaban J connectivity index is 2.22. The Morgan fingerprint density at radius 3 is 3.00 bits per heavy atom. The van der Waals surface area contributed by atoms with Gasteiger partial charge in [0.25, 0.3) is 0 Å². The first kappa shape index (κ1) is 12.4. The van der Waals surface area contributed by atoms with E-state index in [0.717, 1.165) is 31.6 Å². The molecule has 0 aliphatic carbocycles. The van der Waals surface area contributed by atoms with E-state index in [1.165, 1.54) is 13.3 Å². The SMILES string of the molecule is COC(=O)C1CCCCN1c1ccc(C#N)cn1. The van der Waals surface area contributed by atoms with Crippen molar-refractivity contribution >= 4 is 11.8 Å². The van der Waals surface area contributed by atoms with E-state index in [1.54, 1.807) is 12.1 Å². The van der Waals surface area contributed by atoms with Crippen LogP contribution in [0.25, 0.3) is 0 Å². The number of pyridine rings is 1. The van der Waals surface area contributed by atoms with Crippen molar-refractivity contribution in [3.05, 3.63) is 23.9 Å². The first-order valence-electron chi connectivity index (χ1n) is 5.97. The fraction of sp³-hybridized carbons (Fsp3) is 0.462. The average Bonchev–Trinajstić information content (AvgIpc) is 2.46. The van der Waals surface area contributed by atoms with E-state index in [-0.39, 0.29) is 12.0 Å². The largest absolute Gasteiger partial charge is 0.467 e. The minimum Gasteiger partial charge on any atom is -0.467 e. The maximum absolute atomic E-state index is 11.7. The maximum Gasteiger partial charge on any atom is 0.328 e. The normalized spacial score (nSPS) is 19.1. The Morgan fingerprint density at radius 1 is 1.56 bits per heavy atom. The van der Waals surface area contributed by atoms with E-state index in [4.69, 9.17) is 10.00 Å². The van der Waals surface area contributed by atoms with Gasteiger partial charge in [-0.3, -0.25) is 0 Å². The molecule has 0 N–H and O–H groups in total. The number of hydrogen-bond acceptors (Lipinski definition) is 5. The Morgan fingerprint density at radius 2 is 2.39 bits per heavy atom. The van der Waals surface area contributed by atoms with Gasteiger partial charge in [0.2, 0.25) is 0 Å². The molecule has 1 aliphatic heterocycles. The number of esters is 1. The molecule has 1 fully saturated rings. The number of hydrogen-bond donors (Lipinski definition) is 0. The Hall–Kier alpha value is -2.09. The smallest absolute Gasteiger partial charge is 0.328 e. The lowest BCUT2D eigenvalue weighted by atomic mass is 10.0. The van der Waals surface area contributed by atoms with Gasteiger partial charge < -0.3 is 9.64 Å². The highest BCUT2D eigenvalue weighted by molar-refractivity contribution is 5.79. The summed E-state index contributed by atoms with van der Waals surface area (Å²) in [5.41, 5.74) is 0.519. The molecule has 0 aromatic carbocycles. The summed E-state index contributed by atoms with van der Waals surface area (Å²) in [6, 6.07) is 5.26. The second-order valence-electron chi connectivity index (χ2n) is 4.25. The molecule has 1 aromatic heterocycles. The standard InChI is InChI=1S/C13H15N3O2/c1-18-13(17)11-4-2-3-7-16(11)12-6-5-10(8-14)9-15-12/h5-6,9,11H,2-4,7H2,1H3. The summed E-state index contributed by atoms with van der Waals surface area (Å²) in [6.07, 6.45) is 4.37. The summed E-state index contributed by atoms with van der Waals surface area (Å²) in [5, 5.41) is 8.74. The summed E-state index contributed by atoms with van der Waals surface area (Å²) < 4.78 is 4.83. The van der Waals surface area contributed by atoms with Gasteiger partial charge in [0.1, 0.15) is 17.9 Å². The summed E-state index contributed by atoms with van der Waals surface area (Å²) in [7, 11) is 1.40. The zero-order valence-corrected chi connectivity index (χ0v) is 10.3. The number of carbonyl (C=O) groups excluding carboxylic acids is 1. The zero-order valence-electron chi connectivity index (χ0n) is 10.3. The van der Waals surface area contributed by atoms with Gasteiger partial charge in [-0.15, -0.1) is 0 Å². The van der Waals surface area contributed by atoms with Crippen molar-refractivity contribution in [3.8, 4) is 6.07 Å². The highest BCUT2D eigenvalue weighted by Gasteiger charge is 2.30. The molecular formula is C13H15N3O2. The fourth-order valence-corrected chi connectivity index (χ4v) is 2.21. The molecule has 0 bridgehead atoms. The average molecular weight is 245 g/mol. The van der Waals surface area contributed by atoms with Crippen molar-refractivity contribution in [2.45, 2.75) is 25.3 Å². The molecule has 1 aliphatic rings. The third-order valence-electron chi connectivity index (χ3n) is 3.15. The predicted molar refractivity (Wildman–Crippen MR) is 66.0 cm³/mol. The number of nitrogens with zero attached hydrogens (tertiary/aromatic N) is 3. The molecule has 0 saturated carbocycles. The third-order valence-corrected chi connectivity index (χ3v) is 3.15. The molecule has 2 rings (SSSR count). The molecule has 0 spiro atoms. The van der Waals surface area contributed by atoms with Crippen molar-refractivity contribution in [1.29, 1.82) is 5.26 Å². The van der Waals surface area contributed by atoms with Gasteiger partial charge in [-0.1, -0.05) is 0 Å². The highest BCUT2D eigenvalue weighted by atomic mass is 16.5. The van der Waals surface area contributed by atoms with Gasteiger partial charge in [0.15, 0.2) is 0 Å². The maximum atomic E-state index is 11.7. The molecular weight excluding hydrogens is 230 g/mol. The van der Waals surface area contributed by atoms with E-state index in [9.17, 15) is 4.79 Å². The van der Waals surface area contributed by atoms with E-state index >= 15 is 0 Å². The molecule has 1 saturated heterocycles. The van der Waals surface area contributed by atoms with Crippen LogP contribution in [0.5, 0.6) is 0 Å². The first-order chi connectivity index (χ1) is 8.76. The van der Waals surface area contributed by atoms with Crippen molar-refractivity contribution in [2.24, 2.45) is 0 Å². The molecule has 18 heavy (non-hydrogen) atoms. The number of methoxy groups -OCH3 is 1. The predicted octanol–water partition coefficient (Wildman–Crippen LogP) is 1.49. The lowest BCUT2D eigenvalue weighted by Gasteiger charge is -2.34. The van der Waals surface area contributed by atoms with Gasteiger partial charge in [-0.05, 0) is 31.4 Å². The number of rotatable bonds is 2. The van der Waals surface area contributed by atoms with Crippen LogP contribution >= 0.6 is 0 Å². The fourth-order valence-electron chi connectivity index (χ4n) is 2.21. The Bertz CT molecular complexity index is 464. The van der Waals surface area contributed by atoms with Gasteiger partial charge in [-0.2, -0.15) is 5.26 Å². The second-order valence-corrected chi connectivity index (χ2v) is 4.25. The van der Waals surface area contributed by atoms with Gasteiger partial charge in [0, 0.05) is 12.7 Å². The highest BCUT2D eigenvalue weighted by Crippen LogP contribution is 2.23. The quantitative estimate of drug-likeness (QED) is 0.738. The summed E-state index contributed by atoms with van der Waals surface area (Å²) in [6.45, 7) is 0.790. The molecule has 2 heterocycles. The second kappa shape index (κ2) is 5.50.